The minimum absolute atomic E-state index is 0. The van der Waals surface area contributed by atoms with Gasteiger partial charge in [0.1, 0.15) is 0 Å². The van der Waals surface area contributed by atoms with Crippen LogP contribution in [0.2, 0.25) is 0 Å². The Balaban J connectivity index is 0.000000139. The summed E-state index contributed by atoms with van der Waals surface area (Å²) >= 11 is 0. The van der Waals surface area contributed by atoms with Gasteiger partial charge >= 0.3 is 0 Å². The molecule has 1 aliphatic carbocycles. The topological polar surface area (TPSA) is 155 Å². The summed E-state index contributed by atoms with van der Waals surface area (Å²) in [5, 5.41) is 6.14. The zero-order valence-electron chi connectivity index (χ0n) is 77.8. The molecule has 12 nitrogen and oxygen atoms in total. The van der Waals surface area contributed by atoms with E-state index in [1.54, 1.807) is 31.5 Å². The first kappa shape index (κ1) is 81.8. The van der Waals surface area contributed by atoms with E-state index in [1.165, 1.54) is 47.0 Å². The van der Waals surface area contributed by atoms with E-state index >= 15 is 0 Å². The number of benzene rings is 8. The largest absolute Gasteiger partial charge is 0.486 e. The zero-order chi connectivity index (χ0) is 90.6. The molecule has 0 amide bonds. The predicted molar refractivity (Wildman–Crippen MR) is 500 cm³/mol. The van der Waals surface area contributed by atoms with Crippen molar-refractivity contribution in [2.45, 2.75) is 119 Å². The Hall–Kier alpha value is -12.5. The minimum atomic E-state index is -2.19. The molecule has 0 aliphatic heterocycles. The smallest absolute Gasteiger partial charge is 0.216 e. The van der Waals surface area contributed by atoms with Crippen LogP contribution < -0.4 is 0 Å². The van der Waals surface area contributed by atoms with Gasteiger partial charge in [0.15, 0.2) is 0 Å². The van der Waals surface area contributed by atoms with Gasteiger partial charge in [0.05, 0.1) is 16.7 Å². The molecule has 1 aliphatic rings. The Morgan fingerprint density at radius 1 is 0.341 bits per heavy atom. The maximum absolute atomic E-state index is 8.92. The molecule has 0 atom stereocenters. The number of hydrogen-bond acceptors (Lipinski definition) is 12. The SMILES string of the molecule is Cc1ccc2c(n1)oc1c(-c3cc(-c4ccc(C(C)C)cc4)ccn3)[c-]ccc12.Cc1ccc2c(n1)oc1c(-c3cc(-c4cccc(C(C)C)c4)ccn3)[c-]ccc12.[2H]C([2H])([2H])c1c[c-]c(-c2cc(C)c(C([2H])([2H])[2H])cn2)cc1.[2H]C1(c2ccnc(-c3[c-]ccc4c3oc3nc(C)ccc34)c2)CCCCC1.[Ir].[Ir].[Ir].[c-]1ccccc1-c1ccccn1.[c-]1ccccc1-c1ccccn1. The van der Waals surface area contributed by atoms with Gasteiger partial charge in [0.25, 0.3) is 0 Å². The first-order valence-electron chi connectivity index (χ1n) is 44.8. The molecule has 0 unspecified atom stereocenters. The molecular formula is C111H93Ir3N9O3-6. The molecule has 12 aromatic heterocycles. The van der Waals surface area contributed by atoms with Crippen molar-refractivity contribution in [2.75, 3.05) is 0 Å². The van der Waals surface area contributed by atoms with Gasteiger partial charge in [-0.3, -0.25) is 0 Å². The van der Waals surface area contributed by atoms with Gasteiger partial charge < -0.3 is 43.2 Å². The molecule has 15 heteroatoms. The molecule has 633 valence electrons. The summed E-state index contributed by atoms with van der Waals surface area (Å²) in [7, 11) is 0. The molecule has 8 aromatic carbocycles. The second kappa shape index (κ2) is 42.9. The fourth-order valence-corrected chi connectivity index (χ4v) is 14.8. The van der Waals surface area contributed by atoms with Gasteiger partial charge in [-0.15, -0.1) is 162 Å². The summed E-state index contributed by atoms with van der Waals surface area (Å²) in [6.45, 7) is 12.1. The number of pyridine rings is 9. The van der Waals surface area contributed by atoms with Crippen LogP contribution in [0.15, 0.2) is 317 Å². The van der Waals surface area contributed by atoms with Crippen LogP contribution in [0.25, 0.3) is 156 Å². The van der Waals surface area contributed by atoms with Crippen LogP contribution in [0.4, 0.5) is 0 Å². The van der Waals surface area contributed by atoms with E-state index in [4.69, 9.17) is 22.8 Å². The fourth-order valence-electron chi connectivity index (χ4n) is 14.8. The van der Waals surface area contributed by atoms with Gasteiger partial charge in [-0.25, -0.2) is 15.0 Å². The monoisotopic (exact) mass is 2190 g/mol. The first-order chi connectivity index (χ1) is 62.9. The van der Waals surface area contributed by atoms with E-state index in [1.807, 2.05) is 197 Å². The number of nitrogens with zero attached hydrogens (tertiary/aromatic N) is 9. The molecule has 0 N–H and O–H groups in total. The Kier molecular flexibility index (Phi) is 27.8. The molecule has 1 fully saturated rings. The second-order valence-electron chi connectivity index (χ2n) is 30.9. The van der Waals surface area contributed by atoms with Crippen LogP contribution in [0, 0.1) is 77.8 Å². The number of aryl methyl sites for hydroxylation is 6. The summed E-state index contributed by atoms with van der Waals surface area (Å²) < 4.78 is 71.4. The van der Waals surface area contributed by atoms with Crippen molar-refractivity contribution < 1.29 is 83.2 Å². The van der Waals surface area contributed by atoms with Crippen molar-refractivity contribution in [1.29, 1.82) is 0 Å². The first-order valence-corrected chi connectivity index (χ1v) is 41.3. The number of aromatic nitrogens is 9. The second-order valence-corrected chi connectivity index (χ2v) is 30.9. The third kappa shape index (κ3) is 21.9. The van der Waals surface area contributed by atoms with E-state index < -0.39 is 19.6 Å². The van der Waals surface area contributed by atoms with Gasteiger partial charge in [0, 0.05) is 140 Å². The molecule has 0 bridgehead atoms. The Bertz CT molecular complexity index is 7170. The fraction of sp³-hybridized carbons (Fsp3) is 0.162. The molecule has 0 saturated heterocycles. The summed E-state index contributed by atoms with van der Waals surface area (Å²) in [6, 6.07) is 106. The Morgan fingerprint density at radius 2 is 0.810 bits per heavy atom. The Morgan fingerprint density at radius 3 is 1.25 bits per heavy atom. The summed E-state index contributed by atoms with van der Waals surface area (Å²) in [6.07, 6.45) is 15.7. The minimum Gasteiger partial charge on any atom is -0.486 e. The third-order valence-electron chi connectivity index (χ3n) is 21.5. The molecule has 3 radical (unpaired) electrons. The molecule has 126 heavy (non-hydrogen) atoms. The van der Waals surface area contributed by atoms with Crippen molar-refractivity contribution >= 4 is 66.2 Å². The van der Waals surface area contributed by atoms with E-state index in [0.29, 0.717) is 45.8 Å². The van der Waals surface area contributed by atoms with Crippen molar-refractivity contribution in [2.24, 2.45) is 0 Å². The number of hydrogen-bond donors (Lipinski definition) is 0. The number of fused-ring (bicyclic) bond motifs is 9. The van der Waals surface area contributed by atoms with E-state index in [9.17, 15) is 0 Å². The number of rotatable bonds is 11. The quantitative estimate of drug-likeness (QED) is 0.113. The molecule has 21 rings (SSSR count). The molecule has 20 aromatic rings. The van der Waals surface area contributed by atoms with Crippen LogP contribution in [0.1, 0.15) is 138 Å². The van der Waals surface area contributed by atoms with Gasteiger partial charge in [-0.2, -0.15) is 0 Å². The van der Waals surface area contributed by atoms with Crippen LogP contribution in [-0.2, 0) is 60.3 Å². The van der Waals surface area contributed by atoms with Gasteiger partial charge in [-0.1, -0.05) is 195 Å². The predicted octanol–water partition coefficient (Wildman–Crippen LogP) is 28.6. The Labute approximate surface area is 787 Å². The number of furan rings is 3. The van der Waals surface area contributed by atoms with Crippen molar-refractivity contribution in [3.8, 4) is 89.8 Å². The van der Waals surface area contributed by atoms with Crippen LogP contribution in [0.3, 0.4) is 0 Å². The van der Waals surface area contributed by atoms with Crippen molar-refractivity contribution in [3.05, 3.63) is 391 Å². The average Bonchev–Trinajstić information content (AvgIpc) is 1.64. The molecule has 12 heterocycles. The van der Waals surface area contributed by atoms with Crippen LogP contribution in [-0.4, -0.2) is 44.9 Å². The normalized spacial score (nSPS) is 12.9. The average molecular weight is 2180 g/mol. The van der Waals surface area contributed by atoms with Crippen LogP contribution >= 0.6 is 0 Å². The van der Waals surface area contributed by atoms with E-state index in [2.05, 4.69) is 194 Å². The van der Waals surface area contributed by atoms with Gasteiger partial charge in [0.2, 0.25) is 17.1 Å². The third-order valence-corrected chi connectivity index (χ3v) is 21.5. The van der Waals surface area contributed by atoms with Crippen molar-refractivity contribution in [3.63, 3.8) is 0 Å². The maximum atomic E-state index is 8.92. The summed E-state index contributed by atoms with van der Waals surface area (Å²) in [4.78, 5) is 40.0. The zero-order valence-corrected chi connectivity index (χ0v) is 78.0. The van der Waals surface area contributed by atoms with E-state index in [0.717, 1.165) is 165 Å². The van der Waals surface area contributed by atoms with E-state index in [-0.39, 0.29) is 71.4 Å². The summed E-state index contributed by atoms with van der Waals surface area (Å²) in [5.41, 5.74) is 26.7. The molecule has 0 spiro atoms. The van der Waals surface area contributed by atoms with Crippen molar-refractivity contribution in [1.82, 2.24) is 44.9 Å². The standard InChI is InChI=1S/2C26H21N2O.C23H21N2O.C14H14N.2C11H8N.3Ir/c1-16(2)18-6-4-7-19(14-18)20-12-13-27-24(15-20)23-9-5-8-21-22-11-10-17(3)28-26(22)29-25(21)23;1-16(2)18-8-10-19(11-9-18)20-13-14-27-24(15-20)23-6-4-5-21-22-12-7-17(3)28-26(22)29-25(21)23;1-15-10-11-19-18-8-5-9-20(22(18)26-23(19)25-15)21-14-17(12-13-24-21)16-6-3-2-4-7-16;1-10-4-6-13(7-5-10)14-8-11(2)12(3)9-15-14;2*1-2-6-10(7-3-1)11-8-4-5-9-12-11;;;/h4-8,10-16H,1-3H3;4-5,7-16H,1-3H3;5,8,10-14,16H,2-4,6-7H2,1H3;4-6,8-9H,1-3H3;2*1-6,8-9H;;;/q6*-1;;;/i;;16D;1D3,3D3;;;;;. The molecule has 1 saturated carbocycles. The summed E-state index contributed by atoms with van der Waals surface area (Å²) in [5.74, 6) is 0.510. The van der Waals surface area contributed by atoms with Crippen LogP contribution in [0.5, 0.6) is 0 Å². The van der Waals surface area contributed by atoms with Gasteiger partial charge in [-0.05, 0) is 205 Å². The molecular weight excluding hydrogens is 2080 g/mol. The maximum Gasteiger partial charge on any atom is 0.216 e.